The molecular weight excluding hydrogens is 545 g/mol. The second-order valence-corrected chi connectivity index (χ2v) is 18.2. The number of esters is 1. The van der Waals surface area contributed by atoms with E-state index >= 15 is 0 Å². The molecule has 0 aliphatic heterocycles. The number of ether oxygens (including phenoxy) is 1. The Morgan fingerprint density at radius 2 is 1.08 bits per heavy atom. The van der Waals surface area contributed by atoms with Crippen LogP contribution in [0.5, 0.6) is 0 Å². The third kappa shape index (κ3) is 5.53. The van der Waals surface area contributed by atoms with Gasteiger partial charge in [0, 0.05) is 0 Å². The molecule has 6 heteroatoms. The number of nitrogens with one attached hydrogen (secondary N) is 1. The summed E-state index contributed by atoms with van der Waals surface area (Å²) in [7, 11) is 0. The van der Waals surface area contributed by atoms with Gasteiger partial charge in [-0.3, -0.25) is 0 Å². The van der Waals surface area contributed by atoms with Crippen LogP contribution < -0.4 is 21.2 Å². The minimum atomic E-state index is -3.50. The fourth-order valence-electron chi connectivity index (χ4n) is 4.65. The number of amides is 1. The van der Waals surface area contributed by atoms with Crippen LogP contribution in [-0.4, -0.2) is 30.2 Å². The summed E-state index contributed by atoms with van der Waals surface area (Å²) in [6.45, 7) is 3.63. The van der Waals surface area contributed by atoms with E-state index in [1.54, 1.807) is 24.3 Å². The summed E-state index contributed by atoms with van der Waals surface area (Å²) >= 11 is 4.37. The van der Waals surface area contributed by atoms with Crippen LogP contribution in [0.4, 0.5) is 0 Å². The van der Waals surface area contributed by atoms with E-state index in [2.05, 4.69) is 57.2 Å². The predicted octanol–water partition coefficient (Wildman–Crippen LogP) is 5.58. The van der Waals surface area contributed by atoms with Gasteiger partial charge < -0.3 is 0 Å². The molecule has 0 heterocycles. The van der Waals surface area contributed by atoms with Crippen LogP contribution in [0.25, 0.3) is 0 Å². The second kappa shape index (κ2) is 11.4. The molecule has 37 heavy (non-hydrogen) atoms. The summed E-state index contributed by atoms with van der Waals surface area (Å²) in [5, 5.41) is 2.69. The number of halogens is 1. The van der Waals surface area contributed by atoms with Gasteiger partial charge >= 0.3 is 227 Å². The fraction of sp³-hybridized carbons (Fsp3) is 0.161. The number of rotatable bonds is 9. The first kappa shape index (κ1) is 26.8. The van der Waals surface area contributed by atoms with Crippen LogP contribution in [0.15, 0.2) is 121 Å². The Kier molecular flexibility index (Phi) is 8.26. The standard InChI is InChI=1S/C31H31BrNO3P/c1-24(2)36-31(35)29(33-30(34)25-15-7-3-8-16-25)23-37(32,26-17-9-4-10-18-26,27-19-11-5-12-20-27)28-21-13-6-14-22-28/h3-22,24,29H,23H2,1-2H3,(H,33,34)/t29-/m1/s1. The maximum absolute atomic E-state index is 13.6. The van der Waals surface area contributed by atoms with E-state index < -0.39 is 17.3 Å². The topological polar surface area (TPSA) is 55.4 Å². The second-order valence-electron chi connectivity index (χ2n) is 9.25. The fourth-order valence-corrected chi connectivity index (χ4v) is 12.5. The Labute approximate surface area is 226 Å². The summed E-state index contributed by atoms with van der Waals surface area (Å²) in [5.74, 6) is -0.784. The Bertz CT molecular complexity index is 1230. The summed E-state index contributed by atoms with van der Waals surface area (Å²) in [5.41, 5.74) is 0.485. The molecular formula is C31H31BrNO3P. The summed E-state index contributed by atoms with van der Waals surface area (Å²) < 4.78 is 5.69. The van der Waals surface area contributed by atoms with Gasteiger partial charge in [0.2, 0.25) is 0 Å². The van der Waals surface area contributed by atoms with E-state index in [1.165, 1.54) is 0 Å². The maximum atomic E-state index is 13.6. The van der Waals surface area contributed by atoms with E-state index in [0.717, 1.165) is 15.9 Å². The van der Waals surface area contributed by atoms with Crippen molar-refractivity contribution in [2.75, 3.05) is 6.16 Å². The molecule has 4 aromatic rings. The normalized spacial score (nSPS) is 13.2. The first-order valence-corrected chi connectivity index (χ1v) is 16.7. The average Bonchev–Trinajstić information content (AvgIpc) is 2.94. The van der Waals surface area contributed by atoms with Gasteiger partial charge in [0.05, 0.1) is 0 Å². The van der Waals surface area contributed by atoms with Gasteiger partial charge in [0.1, 0.15) is 0 Å². The zero-order valence-electron chi connectivity index (χ0n) is 21.0. The molecule has 0 aromatic heterocycles. The predicted molar refractivity (Wildman–Crippen MR) is 158 cm³/mol. The molecule has 0 aliphatic carbocycles. The monoisotopic (exact) mass is 575 g/mol. The molecule has 1 atom stereocenters. The zero-order chi connectivity index (χ0) is 26.3. The van der Waals surface area contributed by atoms with Gasteiger partial charge in [-0.2, -0.15) is 0 Å². The number of benzene rings is 4. The van der Waals surface area contributed by atoms with Crippen molar-refractivity contribution in [1.82, 2.24) is 5.32 Å². The first-order valence-electron chi connectivity index (χ1n) is 12.3. The van der Waals surface area contributed by atoms with E-state index in [1.807, 2.05) is 74.5 Å². The summed E-state index contributed by atoms with van der Waals surface area (Å²) in [6, 6.07) is 38.6. The molecule has 4 aromatic carbocycles. The third-order valence-electron chi connectivity index (χ3n) is 6.39. The molecule has 4 nitrogen and oxygen atoms in total. The summed E-state index contributed by atoms with van der Waals surface area (Å²) in [6.07, 6.45) is -0.0246. The van der Waals surface area contributed by atoms with Gasteiger partial charge in [-0.05, 0) is 0 Å². The Hall–Kier alpha value is -3.27. The molecule has 1 N–H and O–H groups in total. The molecule has 0 bridgehead atoms. The molecule has 0 unspecified atom stereocenters. The quantitative estimate of drug-likeness (QED) is 0.209. The van der Waals surface area contributed by atoms with Gasteiger partial charge in [0.15, 0.2) is 0 Å². The van der Waals surface area contributed by atoms with E-state index in [4.69, 9.17) is 4.74 Å². The molecule has 0 saturated heterocycles. The molecule has 1 amide bonds. The molecule has 0 saturated carbocycles. The Morgan fingerprint density at radius 3 is 1.46 bits per heavy atom. The Balaban J connectivity index is 1.94. The zero-order valence-corrected chi connectivity index (χ0v) is 23.4. The van der Waals surface area contributed by atoms with Crippen molar-refractivity contribution in [2.24, 2.45) is 0 Å². The van der Waals surface area contributed by atoms with Crippen molar-refractivity contribution in [3.05, 3.63) is 127 Å². The molecule has 4 rings (SSSR count). The number of hydrogen-bond acceptors (Lipinski definition) is 3. The van der Waals surface area contributed by atoms with Crippen LogP contribution in [0.3, 0.4) is 0 Å². The van der Waals surface area contributed by atoms with Crippen LogP contribution >= 0.6 is 20.8 Å². The summed E-state index contributed by atoms with van der Waals surface area (Å²) in [4.78, 5) is 26.9. The first-order chi connectivity index (χ1) is 17.8. The van der Waals surface area contributed by atoms with Crippen LogP contribution in [0, 0.1) is 0 Å². The molecule has 0 fully saturated rings. The molecule has 0 radical (unpaired) electrons. The molecule has 190 valence electrons. The van der Waals surface area contributed by atoms with Crippen molar-refractivity contribution >= 4 is 48.6 Å². The van der Waals surface area contributed by atoms with Crippen molar-refractivity contribution in [3.63, 3.8) is 0 Å². The third-order valence-corrected chi connectivity index (χ3v) is 16.1. The van der Waals surface area contributed by atoms with Gasteiger partial charge in [-0.15, -0.1) is 0 Å². The number of hydrogen-bond donors (Lipinski definition) is 1. The molecule has 0 aliphatic rings. The van der Waals surface area contributed by atoms with Crippen LogP contribution in [0.2, 0.25) is 0 Å². The SMILES string of the molecule is CC(C)OC(=O)[C@@H](CP(Br)(c1ccccc1)(c1ccccc1)c1ccccc1)NC(=O)c1ccccc1. The average molecular weight is 576 g/mol. The van der Waals surface area contributed by atoms with Gasteiger partial charge in [-0.1, -0.05) is 0 Å². The number of carbonyl (C=O) groups excluding carboxylic acids is 2. The molecule has 0 spiro atoms. The van der Waals surface area contributed by atoms with Gasteiger partial charge in [-0.25, -0.2) is 0 Å². The van der Waals surface area contributed by atoms with Crippen molar-refractivity contribution < 1.29 is 14.3 Å². The van der Waals surface area contributed by atoms with E-state index in [9.17, 15) is 9.59 Å². The van der Waals surface area contributed by atoms with Crippen molar-refractivity contribution in [2.45, 2.75) is 26.0 Å². The van der Waals surface area contributed by atoms with Gasteiger partial charge in [0.25, 0.3) is 0 Å². The van der Waals surface area contributed by atoms with E-state index in [-0.39, 0.29) is 12.0 Å². The van der Waals surface area contributed by atoms with Crippen LogP contribution in [0.1, 0.15) is 24.2 Å². The Morgan fingerprint density at radius 1 is 0.703 bits per heavy atom. The van der Waals surface area contributed by atoms with E-state index in [0.29, 0.717) is 11.7 Å². The van der Waals surface area contributed by atoms with Crippen molar-refractivity contribution in [1.29, 1.82) is 0 Å². The minimum absolute atomic E-state index is 0.299. The van der Waals surface area contributed by atoms with Crippen molar-refractivity contribution in [3.8, 4) is 0 Å². The number of carbonyl (C=O) groups is 2. The van der Waals surface area contributed by atoms with Crippen LogP contribution in [-0.2, 0) is 9.53 Å².